The fourth-order valence-corrected chi connectivity index (χ4v) is 4.79. The Morgan fingerprint density at radius 2 is 1.95 bits per heavy atom. The van der Waals surface area contributed by atoms with E-state index in [0.29, 0.717) is 29.9 Å². The summed E-state index contributed by atoms with van der Waals surface area (Å²) in [5, 5.41) is 4.32. The summed E-state index contributed by atoms with van der Waals surface area (Å²) in [6.45, 7) is 4.34. The molecule has 1 aromatic heterocycles. The number of fused-ring (bicyclic) bond motifs is 1. The van der Waals surface area contributed by atoms with Crippen molar-refractivity contribution >= 4 is 35.1 Å². The molecule has 1 saturated heterocycles. The number of carbonyl (C=O) groups excluding carboxylic acids is 4. The van der Waals surface area contributed by atoms with Crippen molar-refractivity contribution in [3.8, 4) is 11.4 Å². The Bertz CT molecular complexity index is 1570. The molecule has 0 radical (unpaired) electrons. The summed E-state index contributed by atoms with van der Waals surface area (Å²) in [6, 6.07) is 11.2. The van der Waals surface area contributed by atoms with Crippen molar-refractivity contribution in [1.82, 2.24) is 15.0 Å². The van der Waals surface area contributed by atoms with Crippen molar-refractivity contribution in [1.29, 1.82) is 0 Å². The fourth-order valence-electron chi connectivity index (χ4n) is 4.79. The van der Waals surface area contributed by atoms with E-state index in [-0.39, 0.29) is 30.6 Å². The second kappa shape index (κ2) is 11.9. The van der Waals surface area contributed by atoms with Crippen LogP contribution in [0, 0.1) is 0 Å². The minimum atomic E-state index is -1.77. The number of H-pyrrole nitrogens is 1. The lowest BCUT2D eigenvalue weighted by atomic mass is 10.1. The molecule has 2 atom stereocenters. The topological polar surface area (TPSA) is 191 Å². The SMILES string of the molecule is CCCN1Cc2ccc(N3CCO[C@H](C(OOC(C)=O)C(=O)N(N)c4ccc(-c5noc(=O)[nH]5)cc4)C3=O)cc2C1=O. The summed E-state index contributed by atoms with van der Waals surface area (Å²) in [5.74, 6) is 2.96. The van der Waals surface area contributed by atoms with E-state index in [9.17, 15) is 24.0 Å². The zero-order valence-electron chi connectivity index (χ0n) is 22.8. The van der Waals surface area contributed by atoms with Crippen molar-refractivity contribution in [2.45, 2.75) is 39.0 Å². The standard InChI is InChI=1S/C27H28N6O9/c1-3-10-31-14-17-6-9-19(13-20(17)24(31)35)32-11-12-39-21(25(32)36)22(42-41-15(2)34)26(37)33(28)18-7-4-16(5-8-18)23-29-27(38)40-30-23/h4-9,13,21-22H,3,10-12,14,28H2,1-2H3,(H,29,30,38)/t21-,22?/m1/s1. The molecule has 3 aromatic rings. The third-order valence-corrected chi connectivity index (χ3v) is 6.78. The third kappa shape index (κ3) is 5.65. The average Bonchev–Trinajstić information content (AvgIpc) is 3.56. The number of nitrogens with zero attached hydrogens (tertiary/aromatic N) is 4. The summed E-state index contributed by atoms with van der Waals surface area (Å²) in [4.78, 5) is 78.1. The molecule has 0 bridgehead atoms. The van der Waals surface area contributed by atoms with Crippen LogP contribution in [0.4, 0.5) is 11.4 Å². The van der Waals surface area contributed by atoms with E-state index in [2.05, 4.69) is 19.6 Å². The van der Waals surface area contributed by atoms with Gasteiger partial charge in [0.25, 0.3) is 17.7 Å². The van der Waals surface area contributed by atoms with Crippen LogP contribution in [0.25, 0.3) is 11.4 Å². The predicted molar refractivity (Wildman–Crippen MR) is 144 cm³/mol. The Balaban J connectivity index is 1.37. The van der Waals surface area contributed by atoms with Crippen LogP contribution in [0.3, 0.4) is 0 Å². The average molecular weight is 581 g/mol. The number of aromatic nitrogens is 2. The first-order chi connectivity index (χ1) is 20.2. The first-order valence-electron chi connectivity index (χ1n) is 13.1. The van der Waals surface area contributed by atoms with Gasteiger partial charge in [-0.05, 0) is 48.4 Å². The van der Waals surface area contributed by atoms with Gasteiger partial charge in [0.2, 0.25) is 6.10 Å². The van der Waals surface area contributed by atoms with Crippen LogP contribution in [-0.4, -0.2) is 70.6 Å². The monoisotopic (exact) mass is 580 g/mol. The second-order valence-corrected chi connectivity index (χ2v) is 9.64. The Morgan fingerprint density at radius 3 is 2.62 bits per heavy atom. The number of rotatable bonds is 9. The van der Waals surface area contributed by atoms with Crippen molar-refractivity contribution in [3.05, 3.63) is 64.1 Å². The molecule has 15 heteroatoms. The maximum absolute atomic E-state index is 13.7. The van der Waals surface area contributed by atoms with Crippen LogP contribution in [-0.2, 0) is 35.4 Å². The molecular formula is C27H28N6O9. The molecule has 3 heterocycles. The van der Waals surface area contributed by atoms with Gasteiger partial charge in [0.05, 0.1) is 12.3 Å². The molecule has 5 rings (SSSR count). The number of ether oxygens (including phenoxy) is 1. The first-order valence-corrected chi connectivity index (χ1v) is 13.1. The molecule has 2 aromatic carbocycles. The van der Waals surface area contributed by atoms with Crippen LogP contribution in [0.15, 0.2) is 51.8 Å². The number of hydrogen-bond acceptors (Lipinski definition) is 11. The lowest BCUT2D eigenvalue weighted by Gasteiger charge is -2.35. The number of amides is 3. The van der Waals surface area contributed by atoms with Gasteiger partial charge in [-0.1, -0.05) is 18.1 Å². The molecule has 220 valence electrons. The highest BCUT2D eigenvalue weighted by Crippen LogP contribution is 2.30. The Morgan fingerprint density at radius 1 is 1.19 bits per heavy atom. The van der Waals surface area contributed by atoms with Crippen LogP contribution in [0.1, 0.15) is 36.2 Å². The molecule has 0 spiro atoms. The molecule has 2 aliphatic heterocycles. The quantitative estimate of drug-likeness (QED) is 0.158. The van der Waals surface area contributed by atoms with Gasteiger partial charge in [0.1, 0.15) is 0 Å². The van der Waals surface area contributed by atoms with Gasteiger partial charge in [-0.25, -0.2) is 20.4 Å². The summed E-state index contributed by atoms with van der Waals surface area (Å²) in [6.07, 6.45) is -2.48. The maximum atomic E-state index is 13.7. The summed E-state index contributed by atoms with van der Waals surface area (Å²) >= 11 is 0. The molecular weight excluding hydrogens is 552 g/mol. The van der Waals surface area contributed by atoms with Gasteiger partial charge in [-0.2, -0.15) is 4.89 Å². The van der Waals surface area contributed by atoms with Gasteiger partial charge < -0.3 is 14.5 Å². The van der Waals surface area contributed by atoms with Crippen molar-refractivity contribution in [3.63, 3.8) is 0 Å². The highest BCUT2D eigenvalue weighted by molar-refractivity contribution is 6.05. The van der Waals surface area contributed by atoms with Crippen molar-refractivity contribution in [2.75, 3.05) is 29.6 Å². The lowest BCUT2D eigenvalue weighted by Crippen LogP contribution is -2.59. The van der Waals surface area contributed by atoms with Crippen LogP contribution in [0.2, 0.25) is 0 Å². The molecule has 42 heavy (non-hydrogen) atoms. The van der Waals surface area contributed by atoms with Crippen molar-refractivity contribution < 1.29 is 38.2 Å². The number of nitrogens with two attached hydrogens (primary N) is 1. The molecule has 3 N–H and O–H groups in total. The minimum Gasteiger partial charge on any atom is -0.363 e. The van der Waals surface area contributed by atoms with E-state index < -0.39 is 35.7 Å². The third-order valence-electron chi connectivity index (χ3n) is 6.78. The van der Waals surface area contributed by atoms with E-state index in [0.717, 1.165) is 23.9 Å². The highest BCUT2D eigenvalue weighted by Gasteiger charge is 2.44. The number of morpholine rings is 1. The fraction of sp³-hybridized carbons (Fsp3) is 0.333. The molecule has 1 unspecified atom stereocenters. The van der Waals surface area contributed by atoms with E-state index in [1.165, 1.54) is 29.2 Å². The molecule has 2 aliphatic rings. The number of hydrogen-bond donors (Lipinski definition) is 2. The molecule has 15 nitrogen and oxygen atoms in total. The summed E-state index contributed by atoms with van der Waals surface area (Å²) in [7, 11) is 0. The normalized spacial score (nSPS) is 17.3. The number of benzene rings is 2. The van der Waals surface area contributed by atoms with Gasteiger partial charge in [0.15, 0.2) is 11.9 Å². The van der Waals surface area contributed by atoms with Crippen LogP contribution in [0.5, 0.6) is 0 Å². The minimum absolute atomic E-state index is 0.0196. The zero-order valence-corrected chi connectivity index (χ0v) is 22.8. The van der Waals surface area contributed by atoms with Crippen LogP contribution < -0.4 is 21.5 Å². The molecule has 0 aliphatic carbocycles. The van der Waals surface area contributed by atoms with Crippen LogP contribution >= 0.6 is 0 Å². The lowest BCUT2D eigenvalue weighted by molar-refractivity contribution is -0.302. The number of nitrogens with one attached hydrogen (secondary N) is 1. The zero-order chi connectivity index (χ0) is 30.0. The number of hydrazine groups is 1. The maximum Gasteiger partial charge on any atom is 0.439 e. The predicted octanol–water partition coefficient (Wildman–Crippen LogP) is 0.898. The second-order valence-electron chi connectivity index (χ2n) is 9.64. The van der Waals surface area contributed by atoms with Gasteiger partial charge >= 0.3 is 11.7 Å². The largest absolute Gasteiger partial charge is 0.439 e. The van der Waals surface area contributed by atoms with E-state index in [1.807, 2.05) is 6.92 Å². The highest BCUT2D eigenvalue weighted by atomic mass is 17.2. The van der Waals surface area contributed by atoms with E-state index in [1.54, 1.807) is 23.1 Å². The van der Waals surface area contributed by atoms with Gasteiger partial charge in [-0.15, -0.1) is 0 Å². The molecule has 0 saturated carbocycles. The van der Waals surface area contributed by atoms with Crippen molar-refractivity contribution in [2.24, 2.45) is 5.84 Å². The molecule has 1 fully saturated rings. The first kappa shape index (κ1) is 28.7. The smallest absolute Gasteiger partial charge is 0.363 e. The Hall–Kier alpha value is -4.86. The molecule has 3 amide bonds. The van der Waals surface area contributed by atoms with Gasteiger partial charge in [-0.3, -0.25) is 28.8 Å². The van der Waals surface area contributed by atoms with E-state index in [4.69, 9.17) is 15.5 Å². The Labute approximate surface area is 238 Å². The van der Waals surface area contributed by atoms with Gasteiger partial charge in [0, 0.05) is 43.4 Å². The summed E-state index contributed by atoms with van der Waals surface area (Å²) in [5.41, 5.74) is 2.47. The number of carbonyl (C=O) groups is 4. The number of anilines is 2. The summed E-state index contributed by atoms with van der Waals surface area (Å²) < 4.78 is 10.1. The number of aromatic amines is 1. The van der Waals surface area contributed by atoms with E-state index >= 15 is 0 Å². The Kier molecular flexibility index (Phi) is 8.15.